The van der Waals surface area contributed by atoms with Crippen LogP contribution in [0, 0.1) is 10.1 Å². The molecule has 0 aliphatic rings. The van der Waals surface area contributed by atoms with E-state index in [-0.39, 0.29) is 11.3 Å². The van der Waals surface area contributed by atoms with Gasteiger partial charge in [0.15, 0.2) is 0 Å². The summed E-state index contributed by atoms with van der Waals surface area (Å²) in [5, 5.41) is 17.3. The van der Waals surface area contributed by atoms with Gasteiger partial charge in [-0.15, -0.1) is 0 Å². The highest BCUT2D eigenvalue weighted by Crippen LogP contribution is 2.25. The standard InChI is InChI=1S/C11H9BrN4O3/c1-15-6-8(5-13-15)14-11(17)7-2-3-9(12)10(4-7)16(18)19/h2-6H,1H3,(H,14,17). The molecule has 2 aromatic rings. The van der Waals surface area contributed by atoms with Gasteiger partial charge in [0.1, 0.15) is 0 Å². The van der Waals surface area contributed by atoms with Crippen molar-refractivity contribution in [2.45, 2.75) is 0 Å². The lowest BCUT2D eigenvalue weighted by Crippen LogP contribution is -2.11. The van der Waals surface area contributed by atoms with Crippen LogP contribution in [0.5, 0.6) is 0 Å². The van der Waals surface area contributed by atoms with Crippen molar-refractivity contribution in [1.29, 1.82) is 0 Å². The summed E-state index contributed by atoms with van der Waals surface area (Å²) in [4.78, 5) is 22.2. The molecule has 7 nitrogen and oxygen atoms in total. The van der Waals surface area contributed by atoms with Crippen LogP contribution in [0.2, 0.25) is 0 Å². The number of rotatable bonds is 3. The Bertz CT molecular complexity index is 653. The van der Waals surface area contributed by atoms with E-state index in [9.17, 15) is 14.9 Å². The van der Waals surface area contributed by atoms with Crippen LogP contribution in [-0.2, 0) is 7.05 Å². The highest BCUT2D eigenvalue weighted by Gasteiger charge is 2.16. The molecule has 1 aromatic carbocycles. The minimum atomic E-state index is -0.551. The third-order valence-electron chi connectivity index (χ3n) is 2.37. The zero-order chi connectivity index (χ0) is 14.0. The molecule has 1 amide bonds. The molecule has 98 valence electrons. The SMILES string of the molecule is Cn1cc(NC(=O)c2ccc(Br)c([N+](=O)[O-])c2)cn1. The van der Waals surface area contributed by atoms with Crippen LogP contribution >= 0.6 is 15.9 Å². The quantitative estimate of drug-likeness (QED) is 0.693. The normalized spacial score (nSPS) is 10.2. The Kier molecular flexibility index (Phi) is 3.61. The second-order valence-corrected chi connectivity index (χ2v) is 4.63. The number of aromatic nitrogens is 2. The van der Waals surface area contributed by atoms with Gasteiger partial charge in [-0.25, -0.2) is 0 Å². The van der Waals surface area contributed by atoms with Gasteiger partial charge in [-0.3, -0.25) is 19.6 Å². The van der Waals surface area contributed by atoms with Gasteiger partial charge in [0.2, 0.25) is 0 Å². The minimum absolute atomic E-state index is 0.154. The first-order valence-corrected chi connectivity index (χ1v) is 6.00. The van der Waals surface area contributed by atoms with Crippen molar-refractivity contribution in [3.63, 3.8) is 0 Å². The van der Waals surface area contributed by atoms with E-state index in [4.69, 9.17) is 0 Å². The first-order valence-electron chi connectivity index (χ1n) is 5.21. The average molecular weight is 325 g/mol. The van der Waals surface area contributed by atoms with Crippen molar-refractivity contribution >= 4 is 33.2 Å². The first-order chi connectivity index (χ1) is 8.97. The molecule has 0 aliphatic heterocycles. The number of amides is 1. The number of aryl methyl sites for hydroxylation is 1. The third-order valence-corrected chi connectivity index (χ3v) is 3.04. The number of hydrogen-bond acceptors (Lipinski definition) is 4. The number of carbonyl (C=O) groups is 1. The van der Waals surface area contributed by atoms with Gasteiger partial charge in [0, 0.05) is 24.9 Å². The van der Waals surface area contributed by atoms with E-state index in [1.807, 2.05) is 0 Å². The van der Waals surface area contributed by atoms with Crippen molar-refractivity contribution in [2.75, 3.05) is 5.32 Å². The van der Waals surface area contributed by atoms with Crippen LogP contribution in [-0.4, -0.2) is 20.6 Å². The Morgan fingerprint density at radius 1 is 1.53 bits per heavy atom. The summed E-state index contributed by atoms with van der Waals surface area (Å²) in [5.41, 5.74) is 0.579. The Labute approximate surface area is 116 Å². The molecule has 19 heavy (non-hydrogen) atoms. The van der Waals surface area contributed by atoms with Crippen molar-refractivity contribution in [1.82, 2.24) is 9.78 Å². The van der Waals surface area contributed by atoms with Crippen molar-refractivity contribution in [3.05, 3.63) is 50.7 Å². The summed E-state index contributed by atoms with van der Waals surface area (Å²) in [6.07, 6.45) is 3.12. The Morgan fingerprint density at radius 2 is 2.26 bits per heavy atom. The second-order valence-electron chi connectivity index (χ2n) is 3.78. The number of hydrogen-bond donors (Lipinski definition) is 1. The van der Waals surface area contributed by atoms with Crippen molar-refractivity contribution in [3.8, 4) is 0 Å². The predicted molar refractivity (Wildman–Crippen MR) is 72.0 cm³/mol. The second kappa shape index (κ2) is 5.19. The van der Waals surface area contributed by atoms with Gasteiger partial charge in [-0.05, 0) is 28.1 Å². The van der Waals surface area contributed by atoms with E-state index in [1.54, 1.807) is 17.9 Å². The van der Waals surface area contributed by atoms with Crippen LogP contribution in [0.15, 0.2) is 35.1 Å². The Morgan fingerprint density at radius 3 is 2.84 bits per heavy atom. The number of halogens is 1. The lowest BCUT2D eigenvalue weighted by Gasteiger charge is -2.03. The topological polar surface area (TPSA) is 90.1 Å². The summed E-state index contributed by atoms with van der Waals surface area (Å²) < 4.78 is 1.87. The monoisotopic (exact) mass is 324 g/mol. The van der Waals surface area contributed by atoms with Crippen LogP contribution in [0.3, 0.4) is 0 Å². The van der Waals surface area contributed by atoms with Crippen LogP contribution in [0.25, 0.3) is 0 Å². The van der Waals surface area contributed by atoms with Crippen molar-refractivity contribution in [2.24, 2.45) is 7.05 Å². The fraction of sp³-hybridized carbons (Fsp3) is 0.0909. The molecule has 0 saturated heterocycles. The van der Waals surface area contributed by atoms with Gasteiger partial charge in [0.25, 0.3) is 11.6 Å². The van der Waals surface area contributed by atoms with E-state index >= 15 is 0 Å². The molecule has 1 heterocycles. The fourth-order valence-electron chi connectivity index (χ4n) is 1.48. The van der Waals surface area contributed by atoms with Crippen LogP contribution in [0.1, 0.15) is 10.4 Å². The Balaban J connectivity index is 2.24. The predicted octanol–water partition coefficient (Wildman–Crippen LogP) is 2.34. The zero-order valence-corrected chi connectivity index (χ0v) is 11.4. The largest absolute Gasteiger partial charge is 0.319 e. The van der Waals surface area contributed by atoms with Gasteiger partial charge in [0.05, 0.1) is 21.3 Å². The molecule has 0 fully saturated rings. The number of carbonyl (C=O) groups excluding carboxylic acids is 1. The minimum Gasteiger partial charge on any atom is -0.319 e. The number of nitrogens with one attached hydrogen (secondary N) is 1. The summed E-state index contributed by atoms with van der Waals surface area (Å²) in [6.45, 7) is 0. The highest BCUT2D eigenvalue weighted by atomic mass is 79.9. The van der Waals surface area contributed by atoms with Crippen LogP contribution in [0.4, 0.5) is 11.4 Å². The van der Waals surface area contributed by atoms with Gasteiger partial charge in [-0.2, -0.15) is 5.10 Å². The smallest absolute Gasteiger partial charge is 0.284 e. The summed E-state index contributed by atoms with van der Waals surface area (Å²) in [7, 11) is 1.72. The molecule has 0 aliphatic carbocycles. The Hall–Kier alpha value is -2.22. The van der Waals surface area contributed by atoms with E-state index in [1.165, 1.54) is 24.4 Å². The number of nitro groups is 1. The van der Waals surface area contributed by atoms with E-state index in [2.05, 4.69) is 26.3 Å². The fourth-order valence-corrected chi connectivity index (χ4v) is 1.87. The number of nitro benzene ring substituents is 1. The summed E-state index contributed by atoms with van der Waals surface area (Å²) in [5.74, 6) is -0.427. The first kappa shape index (κ1) is 13.2. The lowest BCUT2D eigenvalue weighted by atomic mass is 10.2. The molecule has 0 radical (unpaired) electrons. The zero-order valence-electron chi connectivity index (χ0n) is 9.83. The molecule has 1 N–H and O–H groups in total. The molecule has 0 spiro atoms. The molecular formula is C11H9BrN4O3. The van der Waals surface area contributed by atoms with E-state index in [0.717, 1.165) is 0 Å². The molecule has 0 unspecified atom stereocenters. The lowest BCUT2D eigenvalue weighted by molar-refractivity contribution is -0.385. The van der Waals surface area contributed by atoms with E-state index < -0.39 is 10.8 Å². The third kappa shape index (κ3) is 2.97. The maximum absolute atomic E-state index is 11.9. The molecule has 8 heteroatoms. The summed E-state index contributed by atoms with van der Waals surface area (Å²) in [6, 6.07) is 4.19. The molecule has 0 atom stereocenters. The maximum Gasteiger partial charge on any atom is 0.284 e. The van der Waals surface area contributed by atoms with Gasteiger partial charge >= 0.3 is 0 Å². The average Bonchev–Trinajstić information content (AvgIpc) is 2.74. The highest BCUT2D eigenvalue weighted by molar-refractivity contribution is 9.10. The maximum atomic E-state index is 11.9. The van der Waals surface area contributed by atoms with Crippen LogP contribution < -0.4 is 5.32 Å². The van der Waals surface area contributed by atoms with Crippen molar-refractivity contribution < 1.29 is 9.72 Å². The van der Waals surface area contributed by atoms with Gasteiger partial charge < -0.3 is 5.32 Å². The number of nitrogens with zero attached hydrogens (tertiary/aromatic N) is 3. The molecular weight excluding hydrogens is 316 g/mol. The van der Waals surface area contributed by atoms with E-state index in [0.29, 0.717) is 10.2 Å². The molecule has 0 saturated carbocycles. The molecule has 0 bridgehead atoms. The van der Waals surface area contributed by atoms with Gasteiger partial charge in [-0.1, -0.05) is 0 Å². The molecule has 1 aromatic heterocycles. The number of benzene rings is 1. The molecule has 2 rings (SSSR count). The summed E-state index contributed by atoms with van der Waals surface area (Å²) >= 11 is 3.06. The number of anilines is 1.